The molecule has 1 aromatic rings. The maximum atomic E-state index is 11.6. The Bertz CT molecular complexity index is 446. The second-order valence-electron chi connectivity index (χ2n) is 4.16. The normalized spacial score (nSPS) is 9.84. The summed E-state index contributed by atoms with van der Waals surface area (Å²) < 4.78 is 4.76. The topological polar surface area (TPSA) is 58.6 Å². The summed E-state index contributed by atoms with van der Waals surface area (Å²) in [5.41, 5.74) is 1.92. The van der Waals surface area contributed by atoms with Crippen LogP contribution in [0.25, 0.3) is 0 Å². The highest BCUT2D eigenvalue weighted by Gasteiger charge is 2.11. The summed E-state index contributed by atoms with van der Waals surface area (Å²) in [5.74, 6) is -0.0590. The van der Waals surface area contributed by atoms with Crippen molar-refractivity contribution in [1.29, 1.82) is 0 Å². The van der Waals surface area contributed by atoms with Gasteiger partial charge in [-0.3, -0.25) is 4.79 Å². The molecule has 5 heteroatoms. The number of carbonyl (C=O) groups is 2. The number of anilines is 1. The number of aryl methyl sites for hydroxylation is 1. The van der Waals surface area contributed by atoms with Crippen molar-refractivity contribution in [2.75, 3.05) is 24.6 Å². The predicted octanol–water partition coefficient (Wildman–Crippen LogP) is 2.09. The van der Waals surface area contributed by atoms with Gasteiger partial charge in [-0.15, -0.1) is 0 Å². The molecule has 0 atom stereocenters. The SMILES string of the molecule is CCOC(=O)NCCN(C(C)=O)c1cccc(C)c1. The average molecular weight is 264 g/mol. The number of nitrogens with zero attached hydrogens (tertiary/aromatic N) is 1. The van der Waals surface area contributed by atoms with Gasteiger partial charge in [0.2, 0.25) is 5.91 Å². The van der Waals surface area contributed by atoms with Crippen LogP contribution in [0.15, 0.2) is 24.3 Å². The van der Waals surface area contributed by atoms with Gasteiger partial charge in [-0.1, -0.05) is 12.1 Å². The van der Waals surface area contributed by atoms with Gasteiger partial charge in [0.25, 0.3) is 0 Å². The number of hydrogen-bond donors (Lipinski definition) is 1. The Labute approximate surface area is 113 Å². The largest absolute Gasteiger partial charge is 0.450 e. The second kappa shape index (κ2) is 7.41. The molecule has 0 heterocycles. The first-order valence-corrected chi connectivity index (χ1v) is 6.30. The molecule has 0 aliphatic carbocycles. The van der Waals surface area contributed by atoms with Crippen LogP contribution >= 0.6 is 0 Å². The molecule has 1 N–H and O–H groups in total. The summed E-state index contributed by atoms with van der Waals surface area (Å²) in [5, 5.41) is 2.60. The number of hydrogen-bond acceptors (Lipinski definition) is 3. The van der Waals surface area contributed by atoms with E-state index in [-0.39, 0.29) is 5.91 Å². The van der Waals surface area contributed by atoms with Crippen LogP contribution in [-0.2, 0) is 9.53 Å². The highest BCUT2D eigenvalue weighted by atomic mass is 16.5. The Morgan fingerprint density at radius 3 is 2.68 bits per heavy atom. The van der Waals surface area contributed by atoms with Crippen molar-refractivity contribution in [3.8, 4) is 0 Å². The summed E-state index contributed by atoms with van der Waals surface area (Å²) >= 11 is 0. The van der Waals surface area contributed by atoms with E-state index in [9.17, 15) is 9.59 Å². The van der Waals surface area contributed by atoms with E-state index in [1.165, 1.54) is 6.92 Å². The minimum Gasteiger partial charge on any atom is -0.450 e. The molecule has 0 saturated heterocycles. The summed E-state index contributed by atoms with van der Waals surface area (Å²) in [6.45, 7) is 6.32. The number of carbonyl (C=O) groups excluding carboxylic acids is 2. The average Bonchev–Trinajstić information content (AvgIpc) is 2.34. The smallest absolute Gasteiger partial charge is 0.407 e. The molecule has 5 nitrogen and oxygen atoms in total. The Hall–Kier alpha value is -2.04. The van der Waals surface area contributed by atoms with E-state index < -0.39 is 6.09 Å². The second-order valence-corrected chi connectivity index (χ2v) is 4.16. The molecule has 1 aromatic carbocycles. The van der Waals surface area contributed by atoms with E-state index in [0.29, 0.717) is 19.7 Å². The molecule has 0 aliphatic rings. The molecule has 0 fully saturated rings. The zero-order valence-electron chi connectivity index (χ0n) is 11.6. The Balaban J connectivity index is 2.59. The molecule has 1 rings (SSSR count). The van der Waals surface area contributed by atoms with Crippen molar-refractivity contribution in [3.05, 3.63) is 29.8 Å². The van der Waals surface area contributed by atoms with E-state index in [1.54, 1.807) is 11.8 Å². The molecule has 0 radical (unpaired) electrons. The van der Waals surface area contributed by atoms with Crippen LogP contribution < -0.4 is 10.2 Å². The van der Waals surface area contributed by atoms with E-state index in [4.69, 9.17) is 4.74 Å². The summed E-state index contributed by atoms with van der Waals surface area (Å²) in [4.78, 5) is 24.4. The van der Waals surface area contributed by atoms with E-state index in [0.717, 1.165) is 11.3 Å². The van der Waals surface area contributed by atoms with Crippen LogP contribution in [0.3, 0.4) is 0 Å². The Morgan fingerprint density at radius 1 is 1.37 bits per heavy atom. The molecule has 0 saturated carbocycles. The lowest BCUT2D eigenvalue weighted by molar-refractivity contribution is -0.116. The van der Waals surface area contributed by atoms with Gasteiger partial charge in [-0.05, 0) is 31.5 Å². The quantitative estimate of drug-likeness (QED) is 0.886. The number of alkyl carbamates (subject to hydrolysis) is 1. The van der Waals surface area contributed by atoms with Gasteiger partial charge in [0.1, 0.15) is 0 Å². The fourth-order valence-corrected chi connectivity index (χ4v) is 1.72. The third kappa shape index (κ3) is 4.99. The van der Waals surface area contributed by atoms with Crippen LogP contribution in [0, 0.1) is 6.92 Å². The van der Waals surface area contributed by atoms with E-state index >= 15 is 0 Å². The molecular formula is C14H20N2O3. The van der Waals surface area contributed by atoms with Gasteiger partial charge in [-0.25, -0.2) is 4.79 Å². The first-order chi connectivity index (χ1) is 9.04. The summed E-state index contributed by atoms with van der Waals surface area (Å²) in [6, 6.07) is 7.68. The van der Waals surface area contributed by atoms with Gasteiger partial charge in [0.05, 0.1) is 6.61 Å². The van der Waals surface area contributed by atoms with Gasteiger partial charge in [-0.2, -0.15) is 0 Å². The number of amides is 2. The minimum atomic E-state index is -0.463. The maximum absolute atomic E-state index is 11.6. The number of benzene rings is 1. The molecule has 19 heavy (non-hydrogen) atoms. The third-order valence-electron chi connectivity index (χ3n) is 2.57. The lowest BCUT2D eigenvalue weighted by Crippen LogP contribution is -2.37. The summed E-state index contributed by atoms with van der Waals surface area (Å²) in [6.07, 6.45) is -0.463. The molecule has 0 aromatic heterocycles. The van der Waals surface area contributed by atoms with Gasteiger partial charge in [0, 0.05) is 25.7 Å². The molecule has 0 aliphatic heterocycles. The fraction of sp³-hybridized carbons (Fsp3) is 0.429. The van der Waals surface area contributed by atoms with Crippen molar-refractivity contribution in [2.45, 2.75) is 20.8 Å². The standard InChI is InChI=1S/C14H20N2O3/c1-4-19-14(18)15-8-9-16(12(3)17)13-7-5-6-11(2)10-13/h5-7,10H,4,8-9H2,1-3H3,(H,15,18). The summed E-state index contributed by atoms with van der Waals surface area (Å²) in [7, 11) is 0. The molecule has 0 unspecified atom stereocenters. The first-order valence-electron chi connectivity index (χ1n) is 6.30. The van der Waals surface area contributed by atoms with Crippen molar-refractivity contribution in [2.24, 2.45) is 0 Å². The predicted molar refractivity (Wildman–Crippen MR) is 74.2 cm³/mol. The molecule has 0 spiro atoms. The third-order valence-corrected chi connectivity index (χ3v) is 2.57. The zero-order valence-corrected chi connectivity index (χ0v) is 11.6. The van der Waals surface area contributed by atoms with Gasteiger partial charge in [0.15, 0.2) is 0 Å². The maximum Gasteiger partial charge on any atom is 0.407 e. The highest BCUT2D eigenvalue weighted by Crippen LogP contribution is 2.15. The Morgan fingerprint density at radius 2 is 2.11 bits per heavy atom. The van der Waals surface area contributed by atoms with Crippen LogP contribution in [-0.4, -0.2) is 31.7 Å². The van der Waals surface area contributed by atoms with Crippen LogP contribution in [0.4, 0.5) is 10.5 Å². The lowest BCUT2D eigenvalue weighted by atomic mass is 10.2. The van der Waals surface area contributed by atoms with Crippen LogP contribution in [0.2, 0.25) is 0 Å². The van der Waals surface area contributed by atoms with Crippen molar-refractivity contribution in [3.63, 3.8) is 0 Å². The molecular weight excluding hydrogens is 244 g/mol. The van der Waals surface area contributed by atoms with E-state index in [2.05, 4.69) is 5.32 Å². The number of ether oxygens (including phenoxy) is 1. The lowest BCUT2D eigenvalue weighted by Gasteiger charge is -2.21. The monoisotopic (exact) mass is 264 g/mol. The van der Waals surface area contributed by atoms with Gasteiger partial charge < -0.3 is 15.0 Å². The fourth-order valence-electron chi connectivity index (χ4n) is 1.72. The molecule has 0 bridgehead atoms. The zero-order chi connectivity index (χ0) is 14.3. The van der Waals surface area contributed by atoms with E-state index in [1.807, 2.05) is 31.2 Å². The van der Waals surface area contributed by atoms with Crippen molar-refractivity contribution < 1.29 is 14.3 Å². The van der Waals surface area contributed by atoms with Crippen molar-refractivity contribution in [1.82, 2.24) is 5.32 Å². The number of nitrogens with one attached hydrogen (secondary N) is 1. The Kier molecular flexibility index (Phi) is 5.85. The first kappa shape index (κ1) is 15.0. The van der Waals surface area contributed by atoms with Crippen molar-refractivity contribution >= 4 is 17.7 Å². The minimum absolute atomic E-state index is 0.0590. The van der Waals surface area contributed by atoms with Crippen LogP contribution in [0.5, 0.6) is 0 Å². The van der Waals surface area contributed by atoms with Gasteiger partial charge >= 0.3 is 6.09 Å². The molecule has 2 amide bonds. The highest BCUT2D eigenvalue weighted by molar-refractivity contribution is 5.91. The van der Waals surface area contributed by atoms with Crippen LogP contribution in [0.1, 0.15) is 19.4 Å². The molecule has 104 valence electrons. The number of rotatable bonds is 5.